The molecule has 3 aliphatic carbocycles. The number of benzene rings is 6. The van der Waals surface area contributed by atoms with Crippen molar-refractivity contribution in [3.63, 3.8) is 0 Å². The number of fused-ring (bicyclic) bond motifs is 9. The quantitative estimate of drug-likeness (QED) is 0.119. The van der Waals surface area contributed by atoms with Crippen LogP contribution in [0.4, 0.5) is 0 Å². The van der Waals surface area contributed by atoms with Gasteiger partial charge in [0.25, 0.3) is 0 Å². The van der Waals surface area contributed by atoms with E-state index in [1.807, 2.05) is 33.0 Å². The van der Waals surface area contributed by atoms with Gasteiger partial charge in [0.05, 0.1) is 22.8 Å². The van der Waals surface area contributed by atoms with Gasteiger partial charge in [-0.25, -0.2) is 0 Å². The summed E-state index contributed by atoms with van der Waals surface area (Å²) in [6, 6.07) is 60.1. The van der Waals surface area contributed by atoms with E-state index in [1.165, 1.54) is 100 Å². The van der Waals surface area contributed by atoms with E-state index < -0.39 is 0 Å². The van der Waals surface area contributed by atoms with Gasteiger partial charge in [0.1, 0.15) is 0 Å². The number of rotatable bonds is 5. The minimum absolute atomic E-state index is 0.0364. The Morgan fingerprint density at radius 2 is 1.23 bits per heavy atom. The Morgan fingerprint density at radius 3 is 1.91 bits per heavy atom. The van der Waals surface area contributed by atoms with E-state index in [2.05, 4.69) is 208 Å². The molecule has 2 unspecified atom stereocenters. The fourth-order valence-electron chi connectivity index (χ4n) is 10.3. The summed E-state index contributed by atoms with van der Waals surface area (Å²) in [4.78, 5) is 5.05. The molecule has 3 aromatic heterocycles. The van der Waals surface area contributed by atoms with Crippen LogP contribution in [0.2, 0.25) is 0 Å². The first-order valence-electron chi connectivity index (χ1n) is 22.6. The molecule has 4 nitrogen and oxygen atoms in total. The van der Waals surface area contributed by atoms with E-state index in [1.54, 1.807) is 6.08 Å². The highest BCUT2D eigenvalue weighted by atomic mass is 33.1. The van der Waals surface area contributed by atoms with Gasteiger partial charge >= 0.3 is 0 Å². The number of hydrogen-bond acceptors (Lipinski definition) is 4. The molecular weight excluding hydrogens is 829 g/mol. The van der Waals surface area contributed by atoms with Crippen molar-refractivity contribution in [1.29, 1.82) is 0 Å². The van der Waals surface area contributed by atoms with Crippen LogP contribution in [0.25, 0.3) is 60.4 Å². The molecule has 3 aliphatic rings. The molecule has 65 heavy (non-hydrogen) atoms. The molecule has 0 saturated heterocycles. The normalized spacial score (nSPS) is 16.4. The van der Waals surface area contributed by atoms with Crippen molar-refractivity contribution in [2.24, 2.45) is 5.73 Å². The molecule has 0 amide bonds. The summed E-state index contributed by atoms with van der Waals surface area (Å²) < 4.78 is 5.01. The SMILES string of the molecule is C/C=C\N.C1=C(C2=C(c3ccc4c(c3)c3ccccc3n4-c3ccccc3)C=C(c3ccccn3)C(n3c4ccccc4c4ccccc43)C2)CC2C(=C1)Cc1ccccc12.CC.SS. The van der Waals surface area contributed by atoms with Crippen LogP contribution in [0.1, 0.15) is 68.0 Å². The van der Waals surface area contributed by atoms with Crippen LogP contribution in [-0.4, -0.2) is 14.1 Å². The molecule has 6 heteroatoms. The summed E-state index contributed by atoms with van der Waals surface area (Å²) in [6.45, 7) is 5.88. The van der Waals surface area contributed by atoms with E-state index in [0.29, 0.717) is 5.92 Å². The maximum Gasteiger partial charge on any atom is 0.0682 e. The molecule has 6 aromatic carbocycles. The maximum absolute atomic E-state index is 5.05. The molecule has 3 heterocycles. The number of pyridine rings is 1. The lowest BCUT2D eigenvalue weighted by Gasteiger charge is -2.33. The number of hydrogen-bond donors (Lipinski definition) is 3. The van der Waals surface area contributed by atoms with Gasteiger partial charge in [-0.05, 0) is 126 Å². The molecule has 0 spiro atoms. The van der Waals surface area contributed by atoms with Crippen LogP contribution >= 0.6 is 23.3 Å². The number of nitrogens with zero attached hydrogens (tertiary/aromatic N) is 3. The van der Waals surface area contributed by atoms with Gasteiger partial charge in [-0.1, -0.05) is 147 Å². The van der Waals surface area contributed by atoms with Crippen LogP contribution in [-0.2, 0) is 6.42 Å². The number of para-hydroxylation sites is 4. The Labute approximate surface area is 393 Å². The fraction of sp³-hybridized carbons (Fsp3) is 0.136. The average molecular weight is 883 g/mol. The third-order valence-corrected chi connectivity index (χ3v) is 13.0. The molecule has 12 rings (SSSR count). The lowest BCUT2D eigenvalue weighted by Crippen LogP contribution is -2.18. The lowest BCUT2D eigenvalue weighted by molar-refractivity contribution is 0.641. The minimum atomic E-state index is 0.0364. The highest BCUT2D eigenvalue weighted by molar-refractivity contribution is 8.59. The van der Waals surface area contributed by atoms with Gasteiger partial charge in [0.2, 0.25) is 0 Å². The van der Waals surface area contributed by atoms with Crippen molar-refractivity contribution >= 4 is 78.1 Å². The smallest absolute Gasteiger partial charge is 0.0682 e. The third-order valence-electron chi connectivity index (χ3n) is 13.0. The lowest BCUT2D eigenvalue weighted by atomic mass is 9.76. The van der Waals surface area contributed by atoms with E-state index in [9.17, 15) is 0 Å². The second-order valence-electron chi connectivity index (χ2n) is 16.3. The summed E-state index contributed by atoms with van der Waals surface area (Å²) in [5.74, 6) is 0.411. The predicted molar refractivity (Wildman–Crippen MR) is 285 cm³/mol. The Bertz CT molecular complexity index is 3250. The number of aromatic nitrogens is 3. The van der Waals surface area contributed by atoms with Gasteiger partial charge in [0.15, 0.2) is 0 Å². The summed E-state index contributed by atoms with van der Waals surface area (Å²) in [7, 11) is 0. The number of nitrogens with two attached hydrogens (primary N) is 1. The van der Waals surface area contributed by atoms with Crippen molar-refractivity contribution in [3.8, 4) is 5.69 Å². The molecule has 2 N–H and O–H groups in total. The Hall–Kier alpha value is -6.73. The standard InChI is InChI=1S/C54H39N3.C3H7N.C2H6.H2S2/c1-2-15-39(16-3-1)56-50-22-9-8-20-43(50)47-32-38(27-28-53(47)56)45-33-48(49-21-12-13-29-55-49)54(57-51-23-10-6-18-41(51)42-19-7-11-24-52(42)57)34-46(45)37-26-25-36-30-35-14-4-5-17-40(35)44(36)31-37;1-2-3-4;2*1-2/h1-29,32-33,44,54H,30-31,34H2;2-3H,4H2,1H3;1-2H3;1-2H/b;3-2-;;. The topological polar surface area (TPSA) is 48.8 Å². The predicted octanol–water partition coefficient (Wildman–Crippen LogP) is 15.6. The van der Waals surface area contributed by atoms with Crippen molar-refractivity contribution in [2.45, 2.75) is 52.0 Å². The number of thiol groups is 2. The van der Waals surface area contributed by atoms with Crippen LogP contribution in [0.3, 0.4) is 0 Å². The highest BCUT2D eigenvalue weighted by Crippen LogP contribution is 2.51. The Morgan fingerprint density at radius 1 is 0.631 bits per heavy atom. The Balaban J connectivity index is 0.000000626. The maximum atomic E-state index is 5.05. The van der Waals surface area contributed by atoms with Gasteiger partial charge in [-0.2, -0.15) is 0 Å². The van der Waals surface area contributed by atoms with Crippen LogP contribution in [0, 0.1) is 0 Å². The molecule has 322 valence electrons. The van der Waals surface area contributed by atoms with Gasteiger partial charge in [-0.15, -0.1) is 23.3 Å². The molecule has 0 aliphatic heterocycles. The van der Waals surface area contributed by atoms with Gasteiger partial charge in [-0.3, -0.25) is 4.98 Å². The summed E-state index contributed by atoms with van der Waals surface area (Å²) in [5, 5.41) is 5.11. The molecule has 0 bridgehead atoms. The van der Waals surface area contributed by atoms with Gasteiger partial charge < -0.3 is 14.9 Å². The fourth-order valence-corrected chi connectivity index (χ4v) is 10.3. The zero-order valence-corrected chi connectivity index (χ0v) is 38.9. The van der Waals surface area contributed by atoms with E-state index in [4.69, 9.17) is 10.7 Å². The molecular formula is C59H54N4S2. The van der Waals surface area contributed by atoms with E-state index in [-0.39, 0.29) is 6.04 Å². The van der Waals surface area contributed by atoms with Crippen LogP contribution < -0.4 is 5.73 Å². The first kappa shape index (κ1) is 43.5. The Kier molecular flexibility index (Phi) is 13.1. The summed E-state index contributed by atoms with van der Waals surface area (Å²) in [5.41, 5.74) is 23.1. The molecule has 2 atom stereocenters. The zero-order valence-electron chi connectivity index (χ0n) is 37.1. The van der Waals surface area contributed by atoms with Crippen LogP contribution in [0.15, 0.2) is 217 Å². The van der Waals surface area contributed by atoms with E-state index in [0.717, 1.165) is 25.0 Å². The van der Waals surface area contributed by atoms with E-state index >= 15 is 0 Å². The number of allylic oxidation sites excluding steroid dienone is 9. The summed E-state index contributed by atoms with van der Waals surface area (Å²) in [6.07, 6.45) is 15.5. The largest absolute Gasteiger partial charge is 0.405 e. The van der Waals surface area contributed by atoms with Crippen LogP contribution in [0.5, 0.6) is 0 Å². The van der Waals surface area contributed by atoms with Crippen molar-refractivity contribution < 1.29 is 0 Å². The second-order valence-corrected chi connectivity index (χ2v) is 16.3. The van der Waals surface area contributed by atoms with Crippen molar-refractivity contribution in [3.05, 3.63) is 240 Å². The summed E-state index contributed by atoms with van der Waals surface area (Å²) >= 11 is 6.44. The highest BCUT2D eigenvalue weighted by Gasteiger charge is 2.35. The first-order chi connectivity index (χ1) is 32.2. The monoisotopic (exact) mass is 882 g/mol. The first-order valence-corrected chi connectivity index (χ1v) is 24.2. The molecule has 0 saturated carbocycles. The molecule has 0 fully saturated rings. The second kappa shape index (κ2) is 19.6. The average Bonchev–Trinajstić information content (AvgIpc) is 4.05. The van der Waals surface area contributed by atoms with Gasteiger partial charge in [0, 0.05) is 56.0 Å². The van der Waals surface area contributed by atoms with Crippen molar-refractivity contribution in [2.75, 3.05) is 0 Å². The minimum Gasteiger partial charge on any atom is -0.405 e. The van der Waals surface area contributed by atoms with Crippen molar-refractivity contribution in [1.82, 2.24) is 14.1 Å². The molecule has 9 aromatic rings. The zero-order chi connectivity index (χ0) is 44.9. The third kappa shape index (κ3) is 7.96. The molecule has 0 radical (unpaired) electrons.